The summed E-state index contributed by atoms with van der Waals surface area (Å²) in [6.07, 6.45) is 2.95. The maximum Gasteiger partial charge on any atom is 0.115 e. The topological polar surface area (TPSA) is 43.8 Å². The minimum Gasteiger partial charge on any atom is -0.396 e. The number of aromatic nitrogens is 2. The van der Waals surface area contributed by atoms with Crippen molar-refractivity contribution in [2.45, 2.75) is 39.7 Å². The first-order valence-electron chi connectivity index (χ1n) is 6.36. The molecule has 0 fully saturated rings. The molecule has 18 heavy (non-hydrogen) atoms. The van der Waals surface area contributed by atoms with Crippen LogP contribution in [0.15, 0.2) is 30.5 Å². The molecule has 3 heteroatoms. The first-order chi connectivity index (χ1) is 8.41. The number of nitrogens with zero attached hydrogens (tertiary/aromatic N) is 2. The van der Waals surface area contributed by atoms with Crippen LogP contribution in [0.5, 0.6) is 0 Å². The zero-order chi connectivity index (χ0) is 13.3. The van der Waals surface area contributed by atoms with Crippen LogP contribution in [-0.4, -0.2) is 9.78 Å². The number of nitrogen functional groups attached to an aromatic ring is 1. The third kappa shape index (κ3) is 2.40. The van der Waals surface area contributed by atoms with Crippen LogP contribution in [0.25, 0.3) is 11.3 Å². The van der Waals surface area contributed by atoms with Gasteiger partial charge in [-0.25, -0.2) is 0 Å². The van der Waals surface area contributed by atoms with Crippen LogP contribution in [0.4, 0.5) is 5.69 Å². The number of benzene rings is 1. The smallest absolute Gasteiger partial charge is 0.115 e. The first-order valence-corrected chi connectivity index (χ1v) is 6.36. The van der Waals surface area contributed by atoms with Gasteiger partial charge in [0.25, 0.3) is 0 Å². The summed E-state index contributed by atoms with van der Waals surface area (Å²) in [5.74, 6) is 0. The van der Waals surface area contributed by atoms with E-state index >= 15 is 0 Å². The highest BCUT2D eigenvalue weighted by molar-refractivity contribution is 5.72. The lowest BCUT2D eigenvalue weighted by Gasteiger charge is -2.18. The van der Waals surface area contributed by atoms with Gasteiger partial charge in [0.15, 0.2) is 0 Å². The van der Waals surface area contributed by atoms with Crippen molar-refractivity contribution in [2.75, 3.05) is 5.73 Å². The summed E-state index contributed by atoms with van der Waals surface area (Å²) >= 11 is 0. The Morgan fingerprint density at radius 2 is 1.78 bits per heavy atom. The zero-order valence-corrected chi connectivity index (χ0v) is 11.6. The Hall–Kier alpha value is -1.77. The van der Waals surface area contributed by atoms with Crippen molar-refractivity contribution in [2.24, 2.45) is 0 Å². The molecule has 2 aromatic rings. The van der Waals surface area contributed by atoms with Gasteiger partial charge in [-0.1, -0.05) is 31.2 Å². The Bertz CT molecular complexity index is 530. The van der Waals surface area contributed by atoms with Gasteiger partial charge in [0, 0.05) is 11.8 Å². The molecule has 0 radical (unpaired) electrons. The number of anilines is 1. The lowest BCUT2D eigenvalue weighted by Crippen LogP contribution is -2.22. The summed E-state index contributed by atoms with van der Waals surface area (Å²) < 4.78 is 1.92. The SMILES string of the molecule is CCc1ccc(-c2nn(C(C)(C)C)cc2N)cc1. The minimum absolute atomic E-state index is 0.0459. The highest BCUT2D eigenvalue weighted by atomic mass is 15.3. The molecule has 0 amide bonds. The van der Waals surface area contributed by atoms with Gasteiger partial charge in [0.2, 0.25) is 0 Å². The number of aryl methyl sites for hydroxylation is 1. The van der Waals surface area contributed by atoms with Crippen LogP contribution >= 0.6 is 0 Å². The molecule has 3 nitrogen and oxygen atoms in total. The Kier molecular flexibility index (Phi) is 3.16. The molecule has 0 atom stereocenters. The maximum absolute atomic E-state index is 6.06. The Morgan fingerprint density at radius 1 is 1.17 bits per heavy atom. The third-order valence-electron chi connectivity index (χ3n) is 3.07. The molecule has 96 valence electrons. The van der Waals surface area contributed by atoms with Gasteiger partial charge in [-0.05, 0) is 32.8 Å². The zero-order valence-electron chi connectivity index (χ0n) is 11.6. The van der Waals surface area contributed by atoms with E-state index in [9.17, 15) is 0 Å². The molecule has 0 saturated heterocycles. The number of nitrogens with two attached hydrogens (primary N) is 1. The quantitative estimate of drug-likeness (QED) is 0.878. The Balaban J connectivity index is 2.41. The fourth-order valence-corrected chi connectivity index (χ4v) is 1.85. The average molecular weight is 243 g/mol. The van der Waals surface area contributed by atoms with Crippen molar-refractivity contribution in [3.05, 3.63) is 36.0 Å². The average Bonchev–Trinajstić information content (AvgIpc) is 2.71. The molecule has 1 aromatic carbocycles. The van der Waals surface area contributed by atoms with Crippen molar-refractivity contribution in [3.8, 4) is 11.3 Å². The molecule has 0 saturated carbocycles. The second-order valence-corrected chi connectivity index (χ2v) is 5.60. The third-order valence-corrected chi connectivity index (χ3v) is 3.07. The van der Waals surface area contributed by atoms with Crippen LogP contribution < -0.4 is 5.73 Å². The van der Waals surface area contributed by atoms with E-state index in [0.717, 1.165) is 23.4 Å². The molecule has 0 spiro atoms. The van der Waals surface area contributed by atoms with Crippen molar-refractivity contribution in [1.29, 1.82) is 0 Å². The molecule has 0 aliphatic rings. The van der Waals surface area contributed by atoms with Crippen molar-refractivity contribution in [1.82, 2.24) is 9.78 Å². The van der Waals surface area contributed by atoms with Gasteiger partial charge in [0.05, 0.1) is 11.2 Å². The number of hydrogen-bond donors (Lipinski definition) is 1. The van der Waals surface area contributed by atoms with Gasteiger partial charge in [0.1, 0.15) is 5.69 Å². The minimum atomic E-state index is -0.0459. The summed E-state index contributed by atoms with van der Waals surface area (Å²) in [6.45, 7) is 8.49. The lowest BCUT2D eigenvalue weighted by molar-refractivity contribution is 0.356. The molecule has 0 unspecified atom stereocenters. The van der Waals surface area contributed by atoms with Crippen molar-refractivity contribution >= 4 is 5.69 Å². The fourth-order valence-electron chi connectivity index (χ4n) is 1.85. The molecule has 2 rings (SSSR count). The largest absolute Gasteiger partial charge is 0.396 e. The molecular formula is C15H21N3. The summed E-state index contributed by atoms with van der Waals surface area (Å²) in [6, 6.07) is 8.44. The molecule has 1 aromatic heterocycles. The van der Waals surface area contributed by atoms with Crippen LogP contribution in [0, 0.1) is 0 Å². The van der Waals surface area contributed by atoms with E-state index in [1.54, 1.807) is 0 Å². The van der Waals surface area contributed by atoms with E-state index in [2.05, 4.69) is 57.1 Å². The lowest BCUT2D eigenvalue weighted by atomic mass is 10.1. The van der Waals surface area contributed by atoms with Crippen molar-refractivity contribution in [3.63, 3.8) is 0 Å². The van der Waals surface area contributed by atoms with Crippen LogP contribution in [0.2, 0.25) is 0 Å². The van der Waals surface area contributed by atoms with Gasteiger partial charge in [-0.2, -0.15) is 5.10 Å². The van der Waals surface area contributed by atoms with Gasteiger partial charge in [-0.3, -0.25) is 4.68 Å². The highest BCUT2D eigenvalue weighted by Crippen LogP contribution is 2.27. The summed E-state index contributed by atoms with van der Waals surface area (Å²) in [5, 5.41) is 4.60. The fraction of sp³-hybridized carbons (Fsp3) is 0.400. The highest BCUT2D eigenvalue weighted by Gasteiger charge is 2.17. The summed E-state index contributed by atoms with van der Waals surface area (Å²) in [7, 11) is 0. The normalized spacial score (nSPS) is 11.8. The van der Waals surface area contributed by atoms with Crippen LogP contribution in [0.1, 0.15) is 33.3 Å². The van der Waals surface area contributed by atoms with Crippen LogP contribution in [0.3, 0.4) is 0 Å². The van der Waals surface area contributed by atoms with Crippen LogP contribution in [-0.2, 0) is 12.0 Å². The van der Waals surface area contributed by atoms with E-state index in [0.29, 0.717) is 0 Å². The Labute approximate surface area is 109 Å². The monoisotopic (exact) mass is 243 g/mol. The molecule has 0 aliphatic heterocycles. The predicted octanol–water partition coefficient (Wildman–Crippen LogP) is 3.45. The molecule has 2 N–H and O–H groups in total. The molecule has 0 bridgehead atoms. The van der Waals surface area contributed by atoms with Gasteiger partial charge < -0.3 is 5.73 Å². The van der Waals surface area contributed by atoms with E-state index in [-0.39, 0.29) is 5.54 Å². The van der Waals surface area contributed by atoms with E-state index < -0.39 is 0 Å². The second-order valence-electron chi connectivity index (χ2n) is 5.60. The standard InChI is InChI=1S/C15H21N3/c1-5-11-6-8-12(9-7-11)14-13(16)10-18(17-14)15(2,3)4/h6-10H,5,16H2,1-4H3. The van der Waals surface area contributed by atoms with E-state index in [1.807, 2.05) is 10.9 Å². The van der Waals surface area contributed by atoms with Gasteiger partial charge in [-0.15, -0.1) is 0 Å². The second kappa shape index (κ2) is 4.48. The molecule has 0 aliphatic carbocycles. The summed E-state index contributed by atoms with van der Waals surface area (Å²) in [4.78, 5) is 0. The first kappa shape index (κ1) is 12.7. The predicted molar refractivity (Wildman–Crippen MR) is 76.4 cm³/mol. The van der Waals surface area contributed by atoms with Crippen molar-refractivity contribution < 1.29 is 0 Å². The molecule has 1 heterocycles. The summed E-state index contributed by atoms with van der Waals surface area (Å²) in [5.41, 5.74) is 10.0. The molecular weight excluding hydrogens is 222 g/mol. The Morgan fingerprint density at radius 3 is 2.22 bits per heavy atom. The van der Waals surface area contributed by atoms with E-state index in [4.69, 9.17) is 5.73 Å². The number of rotatable bonds is 2. The number of hydrogen-bond acceptors (Lipinski definition) is 2. The van der Waals surface area contributed by atoms with Gasteiger partial charge >= 0.3 is 0 Å². The maximum atomic E-state index is 6.06. The van der Waals surface area contributed by atoms with E-state index in [1.165, 1.54) is 5.56 Å².